The van der Waals surface area contributed by atoms with Gasteiger partial charge in [0.15, 0.2) is 0 Å². The number of rotatable bonds is 4. The summed E-state index contributed by atoms with van der Waals surface area (Å²) in [6.07, 6.45) is 0. The topological polar surface area (TPSA) is 8.17 Å². The molecule has 0 spiro atoms. The molecule has 0 atom stereocenters. The molecule has 1 aliphatic heterocycles. The predicted octanol–water partition coefficient (Wildman–Crippen LogP) is 10.9. The first-order valence-electron chi connectivity index (χ1n) is 14.7. The molecule has 2 nitrogen and oxygen atoms in total. The molecule has 8 rings (SSSR count). The SMILES string of the molecule is Cc1ccccc1N(c1cccc(-c2ccccc2)c1)c1ccc2c(c1)c1cccc3c1n2-c1ccccc1C3(C)C. The fourth-order valence-electron chi connectivity index (χ4n) is 6.99. The van der Waals surface area contributed by atoms with E-state index in [1.165, 1.54) is 61.0 Å². The number of aryl methyl sites for hydroxylation is 1. The summed E-state index contributed by atoms with van der Waals surface area (Å²) in [5.74, 6) is 0. The summed E-state index contributed by atoms with van der Waals surface area (Å²) in [6.45, 7) is 6.90. The van der Waals surface area contributed by atoms with Gasteiger partial charge in [-0.05, 0) is 77.2 Å². The number of benzene rings is 6. The molecule has 0 saturated carbocycles. The van der Waals surface area contributed by atoms with Crippen LogP contribution in [0.4, 0.5) is 17.1 Å². The van der Waals surface area contributed by atoms with Crippen molar-refractivity contribution in [2.24, 2.45) is 0 Å². The summed E-state index contributed by atoms with van der Waals surface area (Å²) in [6, 6.07) is 50.9. The lowest BCUT2D eigenvalue weighted by molar-refractivity contribution is 0.630. The number of anilines is 3. The Balaban J connectivity index is 1.39. The van der Waals surface area contributed by atoms with Gasteiger partial charge in [-0.15, -0.1) is 0 Å². The quantitative estimate of drug-likeness (QED) is 0.216. The molecule has 1 aromatic heterocycles. The Morgan fingerprint density at radius 1 is 0.548 bits per heavy atom. The van der Waals surface area contributed by atoms with Gasteiger partial charge >= 0.3 is 0 Å². The standard InChI is InChI=1S/C40H32N2/c1-27-13-7-9-21-36(27)41(30-17-11-16-29(25-30)28-14-5-4-6-15-28)31-23-24-37-33(26-31)32-18-12-20-35-39(32)42(37)38-22-10-8-19-34(38)40(35,2)3/h4-26H,1-3H3. The first-order valence-corrected chi connectivity index (χ1v) is 14.7. The molecule has 0 unspecified atom stereocenters. The lowest BCUT2D eigenvalue weighted by atomic mass is 9.75. The van der Waals surface area contributed by atoms with E-state index in [0.717, 1.165) is 11.4 Å². The molecule has 7 aromatic rings. The molecule has 0 N–H and O–H groups in total. The highest BCUT2D eigenvalue weighted by Gasteiger charge is 2.34. The molecule has 0 fully saturated rings. The van der Waals surface area contributed by atoms with Crippen LogP contribution >= 0.6 is 0 Å². The highest BCUT2D eigenvalue weighted by atomic mass is 15.1. The molecular weight excluding hydrogens is 508 g/mol. The third-order valence-electron chi connectivity index (χ3n) is 9.09. The Hall–Kier alpha value is -5.08. The van der Waals surface area contributed by atoms with Crippen molar-refractivity contribution in [1.29, 1.82) is 0 Å². The second-order valence-electron chi connectivity index (χ2n) is 11.9. The number of para-hydroxylation sites is 3. The highest BCUT2D eigenvalue weighted by molar-refractivity contribution is 6.12. The first kappa shape index (κ1) is 24.7. The monoisotopic (exact) mass is 540 g/mol. The van der Waals surface area contributed by atoms with E-state index in [1.807, 2.05) is 0 Å². The van der Waals surface area contributed by atoms with Gasteiger partial charge < -0.3 is 9.47 Å². The van der Waals surface area contributed by atoms with Crippen molar-refractivity contribution in [3.8, 4) is 16.8 Å². The maximum absolute atomic E-state index is 2.48. The Morgan fingerprint density at radius 2 is 1.24 bits per heavy atom. The minimum atomic E-state index is -0.0750. The number of aromatic nitrogens is 1. The molecule has 42 heavy (non-hydrogen) atoms. The van der Waals surface area contributed by atoms with Crippen LogP contribution in [-0.2, 0) is 5.41 Å². The van der Waals surface area contributed by atoms with Crippen LogP contribution in [0.3, 0.4) is 0 Å². The third kappa shape index (κ3) is 3.58. The smallest absolute Gasteiger partial charge is 0.0582 e. The summed E-state index contributed by atoms with van der Waals surface area (Å²) in [5, 5.41) is 2.57. The maximum atomic E-state index is 2.48. The maximum Gasteiger partial charge on any atom is 0.0582 e. The summed E-state index contributed by atoms with van der Waals surface area (Å²) in [7, 11) is 0. The Bertz CT molecular complexity index is 2130. The van der Waals surface area contributed by atoms with Crippen molar-refractivity contribution in [3.63, 3.8) is 0 Å². The molecule has 0 radical (unpaired) electrons. The zero-order chi connectivity index (χ0) is 28.4. The summed E-state index contributed by atoms with van der Waals surface area (Å²) >= 11 is 0. The van der Waals surface area contributed by atoms with Gasteiger partial charge in [-0.3, -0.25) is 0 Å². The van der Waals surface area contributed by atoms with Crippen molar-refractivity contribution in [2.45, 2.75) is 26.2 Å². The Labute approximate surface area is 247 Å². The fourth-order valence-corrected chi connectivity index (χ4v) is 6.99. The zero-order valence-electron chi connectivity index (χ0n) is 24.2. The molecule has 2 heteroatoms. The largest absolute Gasteiger partial charge is 0.310 e. The number of nitrogens with zero attached hydrogens (tertiary/aromatic N) is 2. The fraction of sp³-hybridized carbons (Fsp3) is 0.100. The van der Waals surface area contributed by atoms with E-state index in [0.29, 0.717) is 0 Å². The van der Waals surface area contributed by atoms with E-state index in [2.05, 4.69) is 170 Å². The van der Waals surface area contributed by atoms with Crippen LogP contribution in [0, 0.1) is 6.92 Å². The van der Waals surface area contributed by atoms with Gasteiger partial charge in [0.2, 0.25) is 0 Å². The van der Waals surface area contributed by atoms with Gasteiger partial charge in [0.25, 0.3) is 0 Å². The van der Waals surface area contributed by atoms with Crippen LogP contribution in [0.5, 0.6) is 0 Å². The van der Waals surface area contributed by atoms with E-state index >= 15 is 0 Å². The summed E-state index contributed by atoms with van der Waals surface area (Å²) < 4.78 is 2.48. The van der Waals surface area contributed by atoms with Crippen molar-refractivity contribution in [2.75, 3.05) is 4.90 Å². The molecule has 6 aromatic carbocycles. The first-order chi connectivity index (χ1) is 20.5. The summed E-state index contributed by atoms with van der Waals surface area (Å²) in [4.78, 5) is 2.41. The van der Waals surface area contributed by atoms with Crippen molar-refractivity contribution in [1.82, 2.24) is 4.57 Å². The van der Waals surface area contributed by atoms with Crippen LogP contribution in [0.15, 0.2) is 140 Å². The molecule has 0 saturated heterocycles. The normalized spacial score (nSPS) is 13.3. The Morgan fingerprint density at radius 3 is 2.10 bits per heavy atom. The molecule has 0 aliphatic carbocycles. The van der Waals surface area contributed by atoms with Crippen LogP contribution in [0.2, 0.25) is 0 Å². The molecular formula is C40H32N2. The minimum Gasteiger partial charge on any atom is -0.310 e. The molecule has 2 heterocycles. The molecule has 202 valence electrons. The summed E-state index contributed by atoms with van der Waals surface area (Å²) in [5.41, 5.74) is 13.6. The van der Waals surface area contributed by atoms with E-state index in [1.54, 1.807) is 0 Å². The van der Waals surface area contributed by atoms with E-state index < -0.39 is 0 Å². The second kappa shape index (κ2) is 9.22. The second-order valence-corrected chi connectivity index (χ2v) is 11.9. The van der Waals surface area contributed by atoms with Crippen LogP contribution in [0.25, 0.3) is 38.6 Å². The predicted molar refractivity (Wildman–Crippen MR) is 178 cm³/mol. The van der Waals surface area contributed by atoms with Crippen LogP contribution < -0.4 is 4.90 Å². The number of hydrogen-bond acceptors (Lipinski definition) is 1. The van der Waals surface area contributed by atoms with Crippen LogP contribution in [-0.4, -0.2) is 4.57 Å². The number of fused-ring (bicyclic) bond motifs is 5. The van der Waals surface area contributed by atoms with Crippen molar-refractivity contribution in [3.05, 3.63) is 156 Å². The van der Waals surface area contributed by atoms with Crippen molar-refractivity contribution >= 4 is 38.9 Å². The molecule has 0 bridgehead atoms. The minimum absolute atomic E-state index is 0.0750. The molecule has 0 amide bonds. The van der Waals surface area contributed by atoms with Gasteiger partial charge in [0, 0.05) is 33.2 Å². The Kier molecular flexibility index (Phi) is 5.42. The van der Waals surface area contributed by atoms with Gasteiger partial charge in [-0.2, -0.15) is 0 Å². The average Bonchev–Trinajstić information content (AvgIpc) is 3.36. The van der Waals surface area contributed by atoms with Gasteiger partial charge in [-0.1, -0.05) is 111 Å². The van der Waals surface area contributed by atoms with Gasteiger partial charge in [0.05, 0.1) is 16.7 Å². The number of hydrogen-bond donors (Lipinski definition) is 0. The van der Waals surface area contributed by atoms with E-state index in [9.17, 15) is 0 Å². The highest BCUT2D eigenvalue weighted by Crippen LogP contribution is 2.48. The van der Waals surface area contributed by atoms with E-state index in [-0.39, 0.29) is 5.41 Å². The lowest BCUT2D eigenvalue weighted by Crippen LogP contribution is -2.26. The lowest BCUT2D eigenvalue weighted by Gasteiger charge is -2.34. The molecule has 1 aliphatic rings. The zero-order valence-corrected chi connectivity index (χ0v) is 24.2. The van der Waals surface area contributed by atoms with Gasteiger partial charge in [0.1, 0.15) is 0 Å². The average molecular weight is 541 g/mol. The van der Waals surface area contributed by atoms with Crippen LogP contribution in [0.1, 0.15) is 30.5 Å². The van der Waals surface area contributed by atoms with E-state index in [4.69, 9.17) is 0 Å². The van der Waals surface area contributed by atoms with Crippen molar-refractivity contribution < 1.29 is 0 Å². The van der Waals surface area contributed by atoms with Gasteiger partial charge in [-0.25, -0.2) is 0 Å². The third-order valence-corrected chi connectivity index (χ3v) is 9.09.